The summed E-state index contributed by atoms with van der Waals surface area (Å²) in [5, 5.41) is 3.41. The van der Waals surface area contributed by atoms with E-state index in [1.165, 1.54) is 0 Å². The van der Waals surface area contributed by atoms with Gasteiger partial charge in [0.25, 0.3) is 0 Å². The molecule has 0 aromatic heterocycles. The lowest BCUT2D eigenvalue weighted by Gasteiger charge is -2.34. The Balaban J connectivity index is 3.12. The predicted octanol–water partition coefficient (Wildman–Crippen LogP) is 6.14. The first-order valence-corrected chi connectivity index (χ1v) is 18.3. The van der Waals surface area contributed by atoms with E-state index in [9.17, 15) is 0 Å². The van der Waals surface area contributed by atoms with Crippen LogP contribution < -0.4 is 0 Å². The van der Waals surface area contributed by atoms with Gasteiger partial charge in [0.2, 0.25) is 0 Å². The van der Waals surface area contributed by atoms with Gasteiger partial charge in [0, 0.05) is 27.4 Å². The first kappa shape index (κ1) is 24.5. The van der Waals surface area contributed by atoms with E-state index in [1.54, 1.807) is 37.3 Å². The standard InChI is InChI=1S/C21H40O3Si3/c1-10-16-25(6,7)20-15-14-19(21(20)26(8,9)17-11-2)13-12-18-27(22-3,23-4)24-5/h10-11,15H,1-2,12-14,16-18H2,3-9H3. The van der Waals surface area contributed by atoms with Crippen LogP contribution in [0.1, 0.15) is 19.3 Å². The lowest BCUT2D eigenvalue weighted by Crippen LogP contribution is -2.42. The molecule has 6 heteroatoms. The van der Waals surface area contributed by atoms with Crippen LogP contribution in [0.15, 0.2) is 47.4 Å². The van der Waals surface area contributed by atoms with Gasteiger partial charge in [-0.05, 0) is 31.4 Å². The van der Waals surface area contributed by atoms with Crippen molar-refractivity contribution in [3.63, 3.8) is 0 Å². The van der Waals surface area contributed by atoms with Gasteiger partial charge in [0.15, 0.2) is 0 Å². The second kappa shape index (κ2) is 10.3. The third kappa shape index (κ3) is 5.98. The summed E-state index contributed by atoms with van der Waals surface area (Å²) in [5.41, 5.74) is 1.64. The van der Waals surface area contributed by atoms with Crippen molar-refractivity contribution in [3.05, 3.63) is 47.4 Å². The largest absolute Gasteiger partial charge is 0.500 e. The fraction of sp³-hybridized carbons (Fsp3) is 0.619. The van der Waals surface area contributed by atoms with Gasteiger partial charge < -0.3 is 13.3 Å². The van der Waals surface area contributed by atoms with Crippen LogP contribution in [-0.4, -0.2) is 46.3 Å². The molecule has 27 heavy (non-hydrogen) atoms. The summed E-state index contributed by atoms with van der Waals surface area (Å²) in [7, 11) is -0.431. The van der Waals surface area contributed by atoms with Gasteiger partial charge in [-0.25, -0.2) is 0 Å². The summed E-state index contributed by atoms with van der Waals surface area (Å²) in [5.74, 6) is 0. The number of hydrogen-bond acceptors (Lipinski definition) is 3. The monoisotopic (exact) mass is 424 g/mol. The molecule has 0 atom stereocenters. The van der Waals surface area contributed by atoms with Crippen LogP contribution in [0.2, 0.25) is 44.3 Å². The van der Waals surface area contributed by atoms with E-state index in [4.69, 9.17) is 13.3 Å². The van der Waals surface area contributed by atoms with Crippen molar-refractivity contribution in [1.82, 2.24) is 0 Å². The molecule has 1 aliphatic rings. The zero-order chi connectivity index (χ0) is 20.7. The highest BCUT2D eigenvalue weighted by molar-refractivity contribution is 6.93. The zero-order valence-corrected chi connectivity index (χ0v) is 21.6. The Morgan fingerprint density at radius 3 is 1.93 bits per heavy atom. The topological polar surface area (TPSA) is 27.7 Å². The molecule has 0 saturated heterocycles. The van der Waals surface area contributed by atoms with Crippen LogP contribution in [0, 0.1) is 0 Å². The lowest BCUT2D eigenvalue weighted by atomic mass is 10.1. The van der Waals surface area contributed by atoms with Gasteiger partial charge >= 0.3 is 8.80 Å². The molecule has 1 aliphatic carbocycles. The fourth-order valence-electron chi connectivity index (χ4n) is 4.31. The average molecular weight is 425 g/mol. The maximum absolute atomic E-state index is 5.60. The number of rotatable bonds is 13. The number of allylic oxidation sites excluding steroid dienone is 6. The SMILES string of the molecule is C=CC[Si](C)(C)C1=CCC(CCC[Si](OC)(OC)OC)=C1[Si](C)(C)CC=C. The van der Waals surface area contributed by atoms with Crippen molar-refractivity contribution in [2.75, 3.05) is 21.3 Å². The molecule has 3 nitrogen and oxygen atoms in total. The second-order valence-corrected chi connectivity index (χ2v) is 21.2. The van der Waals surface area contributed by atoms with Crippen molar-refractivity contribution in [2.45, 2.75) is 63.6 Å². The Hall–Kier alpha value is -0.509. The minimum Gasteiger partial charge on any atom is -0.377 e. The first-order valence-electron chi connectivity index (χ1n) is 9.93. The summed E-state index contributed by atoms with van der Waals surface area (Å²) >= 11 is 0. The maximum Gasteiger partial charge on any atom is 0.500 e. The molecule has 0 amide bonds. The van der Waals surface area contributed by atoms with Crippen LogP contribution in [0.3, 0.4) is 0 Å². The lowest BCUT2D eigenvalue weighted by molar-refractivity contribution is 0.123. The van der Waals surface area contributed by atoms with Crippen LogP contribution >= 0.6 is 0 Å². The molecule has 0 aromatic rings. The minimum atomic E-state index is -2.49. The van der Waals surface area contributed by atoms with Crippen LogP contribution in [-0.2, 0) is 13.3 Å². The van der Waals surface area contributed by atoms with E-state index in [-0.39, 0.29) is 0 Å². The van der Waals surface area contributed by atoms with Crippen molar-refractivity contribution in [2.24, 2.45) is 0 Å². The van der Waals surface area contributed by atoms with Gasteiger partial charge in [0.05, 0.1) is 16.1 Å². The average Bonchev–Trinajstić information content (AvgIpc) is 3.05. The quantitative estimate of drug-likeness (QED) is 0.262. The molecule has 0 fully saturated rings. The van der Waals surface area contributed by atoms with Gasteiger partial charge in [-0.3, -0.25) is 0 Å². The minimum absolute atomic E-state index is 0.861. The predicted molar refractivity (Wildman–Crippen MR) is 126 cm³/mol. The Kier molecular flexibility index (Phi) is 9.38. The summed E-state index contributed by atoms with van der Waals surface area (Å²) in [6.07, 6.45) is 10.0. The Morgan fingerprint density at radius 2 is 1.44 bits per heavy atom. The van der Waals surface area contributed by atoms with Gasteiger partial charge in [-0.15, -0.1) is 13.2 Å². The molecule has 1 rings (SSSR count). The third-order valence-corrected chi connectivity index (χ3v) is 15.4. The van der Waals surface area contributed by atoms with Crippen molar-refractivity contribution >= 4 is 25.0 Å². The molecule has 0 aromatic carbocycles. The summed E-state index contributed by atoms with van der Waals surface area (Å²) < 4.78 is 16.8. The first-order chi connectivity index (χ1) is 12.6. The summed E-state index contributed by atoms with van der Waals surface area (Å²) in [6.45, 7) is 18.0. The highest BCUT2D eigenvalue weighted by Crippen LogP contribution is 2.43. The van der Waals surface area contributed by atoms with Crippen molar-refractivity contribution in [1.29, 1.82) is 0 Å². The van der Waals surface area contributed by atoms with E-state index >= 15 is 0 Å². The number of hydrogen-bond donors (Lipinski definition) is 0. The molecule has 0 saturated carbocycles. The molecule has 0 unspecified atom stereocenters. The molecule has 0 radical (unpaired) electrons. The van der Waals surface area contributed by atoms with E-state index in [0.29, 0.717) is 0 Å². The third-order valence-electron chi connectivity index (χ3n) is 5.79. The van der Waals surface area contributed by atoms with Gasteiger partial charge in [-0.1, -0.05) is 60.4 Å². The zero-order valence-electron chi connectivity index (χ0n) is 18.6. The second-order valence-electron chi connectivity index (χ2n) is 8.70. The molecule has 0 heterocycles. The molecule has 0 spiro atoms. The molecule has 0 bridgehead atoms. The summed E-state index contributed by atoms with van der Waals surface area (Å²) in [6, 6.07) is 3.13. The van der Waals surface area contributed by atoms with Crippen molar-refractivity contribution in [3.8, 4) is 0 Å². The van der Waals surface area contributed by atoms with Gasteiger partial charge in [0.1, 0.15) is 0 Å². The molecular weight excluding hydrogens is 384 g/mol. The normalized spacial score (nSPS) is 15.9. The summed E-state index contributed by atoms with van der Waals surface area (Å²) in [4.78, 5) is 0. The van der Waals surface area contributed by atoms with Crippen LogP contribution in [0.4, 0.5) is 0 Å². The Labute approximate surface area is 170 Å². The van der Waals surface area contributed by atoms with E-state index in [1.807, 2.05) is 0 Å². The Morgan fingerprint density at radius 1 is 0.926 bits per heavy atom. The fourth-order valence-corrected chi connectivity index (χ4v) is 13.5. The van der Waals surface area contributed by atoms with Crippen LogP contribution in [0.5, 0.6) is 0 Å². The molecular formula is C21H40O3Si3. The van der Waals surface area contributed by atoms with E-state index < -0.39 is 25.0 Å². The maximum atomic E-state index is 5.60. The van der Waals surface area contributed by atoms with Crippen molar-refractivity contribution < 1.29 is 13.3 Å². The highest BCUT2D eigenvalue weighted by atomic mass is 28.4. The molecule has 0 N–H and O–H groups in total. The van der Waals surface area contributed by atoms with Crippen LogP contribution in [0.25, 0.3) is 0 Å². The van der Waals surface area contributed by atoms with E-state index in [0.717, 1.165) is 37.4 Å². The highest BCUT2D eigenvalue weighted by Gasteiger charge is 2.40. The smallest absolute Gasteiger partial charge is 0.377 e. The molecule has 154 valence electrons. The van der Waals surface area contributed by atoms with E-state index in [2.05, 4.69) is 57.6 Å². The van der Waals surface area contributed by atoms with Gasteiger partial charge in [-0.2, -0.15) is 0 Å². The Bertz CT molecular complexity index is 579. The molecule has 0 aliphatic heterocycles.